The summed E-state index contributed by atoms with van der Waals surface area (Å²) in [4.78, 5) is 11.5. The van der Waals surface area contributed by atoms with Crippen molar-refractivity contribution in [3.63, 3.8) is 0 Å². The SMILES string of the molecule is O=C(O)C1(Cc2ccc3c(c2)CCC3)CCNC1. The maximum atomic E-state index is 11.5. The number of rotatable bonds is 3. The number of aryl methyl sites for hydroxylation is 2. The predicted molar refractivity (Wildman–Crippen MR) is 69.7 cm³/mol. The van der Waals surface area contributed by atoms with Crippen molar-refractivity contribution in [2.24, 2.45) is 5.41 Å². The average Bonchev–Trinajstić information content (AvgIpc) is 2.97. The molecule has 3 heteroatoms. The molecule has 0 saturated carbocycles. The van der Waals surface area contributed by atoms with E-state index >= 15 is 0 Å². The Bertz CT molecular complexity index is 475. The summed E-state index contributed by atoms with van der Waals surface area (Å²) in [6, 6.07) is 6.54. The zero-order valence-corrected chi connectivity index (χ0v) is 10.5. The van der Waals surface area contributed by atoms with Crippen LogP contribution < -0.4 is 5.32 Å². The molecular formula is C15H19NO2. The van der Waals surface area contributed by atoms with E-state index in [4.69, 9.17) is 0 Å². The van der Waals surface area contributed by atoms with E-state index in [2.05, 4.69) is 23.5 Å². The van der Waals surface area contributed by atoms with E-state index in [-0.39, 0.29) is 0 Å². The number of nitrogens with one attached hydrogen (secondary N) is 1. The van der Waals surface area contributed by atoms with Crippen LogP contribution in [0.4, 0.5) is 0 Å². The molecule has 0 bridgehead atoms. The molecule has 2 N–H and O–H groups in total. The maximum absolute atomic E-state index is 11.5. The Morgan fingerprint density at radius 3 is 2.89 bits per heavy atom. The second kappa shape index (κ2) is 4.39. The molecule has 0 amide bonds. The minimum atomic E-state index is -0.659. The van der Waals surface area contributed by atoms with E-state index in [0.717, 1.165) is 19.4 Å². The summed E-state index contributed by atoms with van der Waals surface area (Å²) < 4.78 is 0. The highest BCUT2D eigenvalue weighted by atomic mass is 16.4. The second-order valence-electron chi connectivity index (χ2n) is 5.65. The zero-order chi connectivity index (χ0) is 12.6. The van der Waals surface area contributed by atoms with Gasteiger partial charge in [0.25, 0.3) is 0 Å². The first-order valence-corrected chi connectivity index (χ1v) is 6.74. The molecule has 1 saturated heterocycles. The van der Waals surface area contributed by atoms with Crippen LogP contribution in [0.1, 0.15) is 29.5 Å². The summed E-state index contributed by atoms with van der Waals surface area (Å²) in [5.41, 5.74) is 3.47. The quantitative estimate of drug-likeness (QED) is 0.853. The van der Waals surface area contributed by atoms with Crippen molar-refractivity contribution in [3.05, 3.63) is 34.9 Å². The molecule has 0 radical (unpaired) electrons. The molecule has 1 aromatic rings. The fourth-order valence-electron chi connectivity index (χ4n) is 3.28. The first-order chi connectivity index (χ1) is 8.70. The summed E-state index contributed by atoms with van der Waals surface area (Å²) in [6.07, 6.45) is 4.97. The monoisotopic (exact) mass is 245 g/mol. The van der Waals surface area contributed by atoms with E-state index in [1.54, 1.807) is 0 Å². The van der Waals surface area contributed by atoms with Crippen molar-refractivity contribution in [2.75, 3.05) is 13.1 Å². The van der Waals surface area contributed by atoms with Crippen LogP contribution in [0.25, 0.3) is 0 Å². The van der Waals surface area contributed by atoms with Gasteiger partial charge in [-0.1, -0.05) is 18.2 Å². The highest BCUT2D eigenvalue weighted by Crippen LogP contribution is 2.32. The van der Waals surface area contributed by atoms with Crippen molar-refractivity contribution >= 4 is 5.97 Å². The maximum Gasteiger partial charge on any atom is 0.311 e. The average molecular weight is 245 g/mol. The minimum absolute atomic E-state index is 0.590. The van der Waals surface area contributed by atoms with Crippen LogP contribution in [-0.2, 0) is 24.1 Å². The highest BCUT2D eigenvalue weighted by Gasteiger charge is 2.41. The molecule has 1 aliphatic heterocycles. The number of benzene rings is 1. The first-order valence-electron chi connectivity index (χ1n) is 6.74. The Morgan fingerprint density at radius 2 is 2.17 bits per heavy atom. The summed E-state index contributed by atoms with van der Waals surface area (Å²) >= 11 is 0. The Balaban J connectivity index is 1.85. The molecule has 18 heavy (non-hydrogen) atoms. The van der Waals surface area contributed by atoms with Gasteiger partial charge < -0.3 is 10.4 Å². The van der Waals surface area contributed by atoms with Gasteiger partial charge in [-0.3, -0.25) is 4.79 Å². The Labute approximate surface area is 107 Å². The van der Waals surface area contributed by atoms with Crippen LogP contribution in [0.3, 0.4) is 0 Å². The van der Waals surface area contributed by atoms with Crippen molar-refractivity contribution in [2.45, 2.75) is 32.1 Å². The third kappa shape index (κ3) is 1.93. The number of hydrogen-bond donors (Lipinski definition) is 2. The molecule has 96 valence electrons. The molecule has 2 aliphatic rings. The lowest BCUT2D eigenvalue weighted by molar-refractivity contribution is -0.147. The van der Waals surface area contributed by atoms with Crippen molar-refractivity contribution in [3.8, 4) is 0 Å². The molecule has 1 aliphatic carbocycles. The van der Waals surface area contributed by atoms with E-state index in [1.807, 2.05) is 0 Å². The van der Waals surface area contributed by atoms with Gasteiger partial charge in [0.2, 0.25) is 0 Å². The number of fused-ring (bicyclic) bond motifs is 1. The zero-order valence-electron chi connectivity index (χ0n) is 10.5. The first kappa shape index (κ1) is 11.7. The van der Waals surface area contributed by atoms with Gasteiger partial charge in [0, 0.05) is 6.54 Å². The topological polar surface area (TPSA) is 49.3 Å². The Morgan fingerprint density at radius 1 is 1.33 bits per heavy atom. The summed E-state index contributed by atoms with van der Waals surface area (Å²) in [6.45, 7) is 1.41. The van der Waals surface area contributed by atoms with Crippen molar-refractivity contribution in [1.29, 1.82) is 0 Å². The van der Waals surface area contributed by atoms with Crippen molar-refractivity contribution in [1.82, 2.24) is 5.32 Å². The number of hydrogen-bond acceptors (Lipinski definition) is 2. The van der Waals surface area contributed by atoms with Crippen LogP contribution in [0.5, 0.6) is 0 Å². The lowest BCUT2D eigenvalue weighted by atomic mass is 9.80. The molecule has 0 aromatic heterocycles. The third-order valence-electron chi connectivity index (χ3n) is 4.40. The van der Waals surface area contributed by atoms with E-state index < -0.39 is 11.4 Å². The normalized spacial score (nSPS) is 26.2. The lowest BCUT2D eigenvalue weighted by Crippen LogP contribution is -2.35. The number of carboxylic acids is 1. The molecule has 1 aromatic carbocycles. The van der Waals surface area contributed by atoms with E-state index in [9.17, 15) is 9.90 Å². The molecule has 0 spiro atoms. The molecule has 1 fully saturated rings. The molecule has 1 atom stereocenters. The van der Waals surface area contributed by atoms with Gasteiger partial charge in [0.05, 0.1) is 5.41 Å². The van der Waals surface area contributed by atoms with E-state index in [0.29, 0.717) is 13.0 Å². The van der Waals surface area contributed by atoms with Gasteiger partial charge in [0.1, 0.15) is 0 Å². The van der Waals surface area contributed by atoms with Crippen LogP contribution in [0.15, 0.2) is 18.2 Å². The van der Waals surface area contributed by atoms with Gasteiger partial charge in [-0.2, -0.15) is 0 Å². The summed E-state index contributed by atoms with van der Waals surface area (Å²) in [5.74, 6) is -0.659. The van der Waals surface area contributed by atoms with Crippen LogP contribution in [0.2, 0.25) is 0 Å². The molecule has 1 heterocycles. The van der Waals surface area contributed by atoms with Crippen molar-refractivity contribution < 1.29 is 9.90 Å². The molecule has 1 unspecified atom stereocenters. The molecule has 3 nitrogen and oxygen atoms in total. The fourth-order valence-corrected chi connectivity index (χ4v) is 3.28. The second-order valence-corrected chi connectivity index (χ2v) is 5.65. The number of carbonyl (C=O) groups is 1. The minimum Gasteiger partial charge on any atom is -0.481 e. The van der Waals surface area contributed by atoms with Crippen LogP contribution in [0, 0.1) is 5.41 Å². The lowest BCUT2D eigenvalue weighted by Gasteiger charge is -2.23. The van der Waals surface area contributed by atoms with Crippen LogP contribution in [-0.4, -0.2) is 24.2 Å². The number of aliphatic carboxylic acids is 1. The van der Waals surface area contributed by atoms with Gasteiger partial charge in [-0.05, 0) is 55.3 Å². The predicted octanol–water partition coefficient (Wildman–Crippen LogP) is 1.78. The standard InChI is InChI=1S/C15H19NO2/c17-14(18)15(6-7-16-10-15)9-11-4-5-12-2-1-3-13(12)8-11/h4-5,8,16H,1-3,6-7,9-10H2,(H,17,18). The van der Waals surface area contributed by atoms with Gasteiger partial charge in [0.15, 0.2) is 0 Å². The van der Waals surface area contributed by atoms with Gasteiger partial charge in [-0.25, -0.2) is 0 Å². The largest absolute Gasteiger partial charge is 0.481 e. The highest BCUT2D eigenvalue weighted by molar-refractivity contribution is 5.76. The fraction of sp³-hybridized carbons (Fsp3) is 0.533. The Kier molecular flexibility index (Phi) is 2.86. The molecule has 3 rings (SSSR count). The van der Waals surface area contributed by atoms with Gasteiger partial charge in [-0.15, -0.1) is 0 Å². The smallest absolute Gasteiger partial charge is 0.311 e. The summed E-state index contributed by atoms with van der Waals surface area (Å²) in [7, 11) is 0. The summed E-state index contributed by atoms with van der Waals surface area (Å²) in [5, 5.41) is 12.7. The molecular weight excluding hydrogens is 226 g/mol. The van der Waals surface area contributed by atoms with Gasteiger partial charge >= 0.3 is 5.97 Å². The number of carboxylic acid groups (broad SMARTS) is 1. The van der Waals surface area contributed by atoms with Crippen LogP contribution >= 0.6 is 0 Å². The van der Waals surface area contributed by atoms with E-state index in [1.165, 1.54) is 29.5 Å². The third-order valence-corrected chi connectivity index (χ3v) is 4.40. The Hall–Kier alpha value is -1.35.